The van der Waals surface area contributed by atoms with Crippen LogP contribution in [-0.2, 0) is 10.0 Å². The Morgan fingerprint density at radius 3 is 2.67 bits per heavy atom. The molecule has 1 aliphatic heterocycles. The highest BCUT2D eigenvalue weighted by Crippen LogP contribution is 2.26. The average molecular weight is 314 g/mol. The number of rotatable bonds is 5. The van der Waals surface area contributed by atoms with E-state index in [2.05, 4.69) is 19.2 Å². The maximum absolute atomic E-state index is 13.8. The Bertz CT molecular complexity index is 577. The van der Waals surface area contributed by atoms with Gasteiger partial charge in [0, 0.05) is 19.1 Å². The first-order valence-electron chi connectivity index (χ1n) is 7.48. The van der Waals surface area contributed by atoms with Gasteiger partial charge in [0.2, 0.25) is 10.0 Å². The summed E-state index contributed by atoms with van der Waals surface area (Å²) in [5.41, 5.74) is 0. The highest BCUT2D eigenvalue weighted by molar-refractivity contribution is 7.89. The molecular weight excluding hydrogens is 291 g/mol. The summed E-state index contributed by atoms with van der Waals surface area (Å²) >= 11 is 0. The Kier molecular flexibility index (Phi) is 5.35. The molecule has 2 rings (SSSR count). The molecule has 2 atom stereocenters. The number of sulfonamides is 1. The molecule has 1 fully saturated rings. The van der Waals surface area contributed by atoms with Crippen LogP contribution in [0.5, 0.6) is 0 Å². The number of nitrogens with one attached hydrogen (secondary N) is 1. The topological polar surface area (TPSA) is 49.4 Å². The fourth-order valence-corrected chi connectivity index (χ4v) is 4.53. The molecule has 0 aromatic heterocycles. The van der Waals surface area contributed by atoms with Crippen LogP contribution in [0, 0.1) is 11.7 Å². The van der Waals surface area contributed by atoms with Gasteiger partial charge in [0.15, 0.2) is 0 Å². The number of benzene rings is 1. The quantitative estimate of drug-likeness (QED) is 0.906. The smallest absolute Gasteiger partial charge is 0.245 e. The zero-order chi connectivity index (χ0) is 15.5. The summed E-state index contributed by atoms with van der Waals surface area (Å²) in [7, 11) is -3.74. The molecule has 0 aliphatic carbocycles. The molecule has 0 saturated carbocycles. The highest BCUT2D eigenvalue weighted by Gasteiger charge is 2.35. The van der Waals surface area contributed by atoms with Gasteiger partial charge in [0.05, 0.1) is 0 Å². The van der Waals surface area contributed by atoms with Crippen LogP contribution >= 0.6 is 0 Å². The molecule has 1 aromatic carbocycles. The molecular formula is C15H23FN2O2S. The first-order valence-corrected chi connectivity index (χ1v) is 8.92. The molecule has 1 heterocycles. The van der Waals surface area contributed by atoms with Crippen molar-refractivity contribution in [1.82, 2.24) is 9.62 Å². The van der Waals surface area contributed by atoms with Gasteiger partial charge in [-0.15, -0.1) is 0 Å². The van der Waals surface area contributed by atoms with Gasteiger partial charge in [-0.3, -0.25) is 0 Å². The third kappa shape index (κ3) is 3.44. The first-order chi connectivity index (χ1) is 10.0. The minimum absolute atomic E-state index is 0.221. The van der Waals surface area contributed by atoms with E-state index in [1.165, 1.54) is 22.5 Å². The van der Waals surface area contributed by atoms with Crippen molar-refractivity contribution in [2.24, 2.45) is 5.92 Å². The Hall–Kier alpha value is -0.980. The van der Waals surface area contributed by atoms with Crippen LogP contribution in [0.1, 0.15) is 26.7 Å². The van der Waals surface area contributed by atoms with E-state index in [0.29, 0.717) is 19.1 Å². The molecule has 1 N–H and O–H groups in total. The number of hydrogen-bond acceptors (Lipinski definition) is 3. The molecule has 1 aromatic rings. The molecule has 0 bridgehead atoms. The van der Waals surface area contributed by atoms with Gasteiger partial charge in [0.1, 0.15) is 10.7 Å². The monoisotopic (exact) mass is 314 g/mol. The van der Waals surface area contributed by atoms with E-state index in [0.717, 1.165) is 19.4 Å². The van der Waals surface area contributed by atoms with Crippen LogP contribution in [0.15, 0.2) is 29.2 Å². The van der Waals surface area contributed by atoms with Crippen LogP contribution in [0.25, 0.3) is 0 Å². The van der Waals surface area contributed by atoms with Gasteiger partial charge in [0.25, 0.3) is 0 Å². The van der Waals surface area contributed by atoms with Crippen molar-refractivity contribution in [3.05, 3.63) is 30.1 Å². The van der Waals surface area contributed by atoms with Crippen molar-refractivity contribution in [1.29, 1.82) is 0 Å². The van der Waals surface area contributed by atoms with Gasteiger partial charge in [-0.05, 0) is 31.0 Å². The van der Waals surface area contributed by atoms with E-state index in [1.807, 2.05) is 0 Å². The fraction of sp³-hybridized carbons (Fsp3) is 0.600. The normalized spacial score (nSPS) is 24.1. The van der Waals surface area contributed by atoms with Gasteiger partial charge in [-0.2, -0.15) is 4.31 Å². The van der Waals surface area contributed by atoms with Gasteiger partial charge < -0.3 is 5.32 Å². The lowest BCUT2D eigenvalue weighted by Gasteiger charge is -2.37. The van der Waals surface area contributed by atoms with Gasteiger partial charge in [-0.25, -0.2) is 12.8 Å². The number of halogens is 1. The lowest BCUT2D eigenvalue weighted by molar-refractivity contribution is 0.204. The number of nitrogens with zero attached hydrogens (tertiary/aromatic N) is 1. The van der Waals surface area contributed by atoms with E-state index < -0.39 is 15.8 Å². The molecule has 1 aliphatic rings. The predicted octanol–water partition coefficient (Wildman–Crippen LogP) is 2.22. The lowest BCUT2D eigenvalue weighted by Crippen LogP contribution is -2.50. The van der Waals surface area contributed by atoms with Crippen molar-refractivity contribution in [2.45, 2.75) is 37.6 Å². The van der Waals surface area contributed by atoms with Crippen molar-refractivity contribution < 1.29 is 12.8 Å². The van der Waals surface area contributed by atoms with Gasteiger partial charge in [-0.1, -0.05) is 32.4 Å². The maximum atomic E-state index is 13.8. The van der Waals surface area contributed by atoms with Crippen molar-refractivity contribution in [3.8, 4) is 0 Å². The maximum Gasteiger partial charge on any atom is 0.245 e. The summed E-state index contributed by atoms with van der Waals surface area (Å²) in [5, 5.41) is 3.41. The van der Waals surface area contributed by atoms with Gasteiger partial charge >= 0.3 is 0 Å². The second-order valence-electron chi connectivity index (χ2n) is 5.41. The third-order valence-corrected chi connectivity index (χ3v) is 6.04. The molecule has 2 unspecified atom stereocenters. The third-order valence-electron chi connectivity index (χ3n) is 4.14. The van der Waals surface area contributed by atoms with E-state index in [9.17, 15) is 12.8 Å². The minimum Gasteiger partial charge on any atom is -0.314 e. The van der Waals surface area contributed by atoms with Crippen molar-refractivity contribution >= 4 is 10.0 Å². The van der Waals surface area contributed by atoms with Crippen LogP contribution in [0.2, 0.25) is 0 Å². The van der Waals surface area contributed by atoms with Crippen LogP contribution in [0.3, 0.4) is 0 Å². The zero-order valence-electron chi connectivity index (χ0n) is 12.5. The summed E-state index contributed by atoms with van der Waals surface area (Å²) in [5.74, 6) is -0.417. The zero-order valence-corrected chi connectivity index (χ0v) is 13.4. The highest BCUT2D eigenvalue weighted by atomic mass is 32.2. The standard InChI is InChI=1S/C15H23FN2O2S/c1-3-12-11-18(10-9-14(12)17-4-2)21(19,20)15-8-6-5-7-13(15)16/h5-8,12,14,17H,3-4,9-11H2,1-2H3. The second-order valence-corrected chi connectivity index (χ2v) is 7.32. The summed E-state index contributed by atoms with van der Waals surface area (Å²) < 4.78 is 40.4. The molecule has 6 heteroatoms. The Morgan fingerprint density at radius 1 is 1.33 bits per heavy atom. The van der Waals surface area contributed by atoms with E-state index >= 15 is 0 Å². The average Bonchev–Trinajstić information content (AvgIpc) is 2.48. The second kappa shape index (κ2) is 6.85. The number of hydrogen-bond donors (Lipinski definition) is 1. The lowest BCUT2D eigenvalue weighted by atomic mass is 9.91. The minimum atomic E-state index is -3.74. The summed E-state index contributed by atoms with van der Waals surface area (Å²) in [6.45, 7) is 5.88. The van der Waals surface area contributed by atoms with E-state index in [1.54, 1.807) is 6.07 Å². The summed E-state index contributed by atoms with van der Waals surface area (Å²) in [4.78, 5) is -0.221. The van der Waals surface area contributed by atoms with Crippen LogP contribution in [-0.4, -0.2) is 38.4 Å². The van der Waals surface area contributed by atoms with E-state index in [4.69, 9.17) is 0 Å². The molecule has 0 radical (unpaired) electrons. The molecule has 1 saturated heterocycles. The Labute approximate surface area is 126 Å². The summed E-state index contributed by atoms with van der Waals surface area (Å²) in [6.07, 6.45) is 1.67. The molecule has 118 valence electrons. The van der Waals surface area contributed by atoms with E-state index in [-0.39, 0.29) is 10.8 Å². The first kappa shape index (κ1) is 16.4. The molecule has 0 amide bonds. The van der Waals surface area contributed by atoms with Crippen molar-refractivity contribution in [2.75, 3.05) is 19.6 Å². The molecule has 21 heavy (non-hydrogen) atoms. The fourth-order valence-electron chi connectivity index (χ4n) is 2.95. The number of piperidine rings is 1. The van der Waals surface area contributed by atoms with Crippen LogP contribution < -0.4 is 5.32 Å². The molecule has 0 spiro atoms. The largest absolute Gasteiger partial charge is 0.314 e. The SMILES string of the molecule is CCNC1CCN(S(=O)(=O)c2ccccc2F)CC1CC. The van der Waals surface area contributed by atoms with Crippen LogP contribution in [0.4, 0.5) is 4.39 Å². The molecule has 4 nitrogen and oxygen atoms in total. The predicted molar refractivity (Wildman–Crippen MR) is 81.0 cm³/mol. The Balaban J connectivity index is 2.21. The van der Waals surface area contributed by atoms with Crippen molar-refractivity contribution in [3.63, 3.8) is 0 Å². The summed E-state index contributed by atoms with van der Waals surface area (Å²) in [6, 6.07) is 5.92. The Morgan fingerprint density at radius 2 is 2.05 bits per heavy atom.